The van der Waals surface area contributed by atoms with E-state index in [-0.39, 0.29) is 0 Å². The van der Waals surface area contributed by atoms with Gasteiger partial charge in [-0.25, -0.2) is 9.97 Å². The molecule has 0 N–H and O–H groups in total. The number of fused-ring (bicyclic) bond motifs is 2. The summed E-state index contributed by atoms with van der Waals surface area (Å²) in [4.78, 5) is 8.51. The van der Waals surface area contributed by atoms with Gasteiger partial charge < -0.3 is 0 Å². The van der Waals surface area contributed by atoms with Gasteiger partial charge in [-0.3, -0.25) is 0 Å². The van der Waals surface area contributed by atoms with Crippen molar-refractivity contribution < 1.29 is 0 Å². The normalized spacial score (nSPS) is 15.3. The van der Waals surface area contributed by atoms with E-state index in [9.17, 15) is 0 Å². The van der Waals surface area contributed by atoms with Crippen LogP contribution in [0.1, 0.15) is 11.4 Å². The SMILES string of the molecule is Cc1cc2nc(n1)SSC2. The van der Waals surface area contributed by atoms with Crippen LogP contribution in [0.3, 0.4) is 0 Å². The summed E-state index contributed by atoms with van der Waals surface area (Å²) in [5, 5.41) is 0.909. The Morgan fingerprint density at radius 1 is 1.50 bits per heavy atom. The van der Waals surface area contributed by atoms with Gasteiger partial charge in [0, 0.05) is 11.4 Å². The Morgan fingerprint density at radius 2 is 2.40 bits per heavy atom. The zero-order valence-corrected chi connectivity index (χ0v) is 7.13. The van der Waals surface area contributed by atoms with Crippen LogP contribution in [0.4, 0.5) is 0 Å². The van der Waals surface area contributed by atoms with Gasteiger partial charge in [0.1, 0.15) is 0 Å². The van der Waals surface area contributed by atoms with E-state index in [1.54, 1.807) is 21.6 Å². The summed E-state index contributed by atoms with van der Waals surface area (Å²) in [7, 11) is 3.46. The minimum atomic E-state index is 0.909. The van der Waals surface area contributed by atoms with Crippen LogP contribution in [-0.2, 0) is 5.75 Å². The molecule has 0 radical (unpaired) electrons. The quantitative estimate of drug-likeness (QED) is 0.439. The van der Waals surface area contributed by atoms with Crippen molar-refractivity contribution in [1.82, 2.24) is 9.97 Å². The summed E-state index contributed by atoms with van der Waals surface area (Å²) < 4.78 is 0. The van der Waals surface area contributed by atoms with Crippen molar-refractivity contribution in [1.29, 1.82) is 0 Å². The van der Waals surface area contributed by atoms with Gasteiger partial charge in [-0.15, -0.1) is 0 Å². The lowest BCUT2D eigenvalue weighted by Gasteiger charge is -2.08. The number of aryl methyl sites for hydroxylation is 1. The lowest BCUT2D eigenvalue weighted by molar-refractivity contribution is 0.897. The summed E-state index contributed by atoms with van der Waals surface area (Å²) in [6.07, 6.45) is 0. The topological polar surface area (TPSA) is 25.8 Å². The molecule has 0 unspecified atom stereocenters. The fourth-order valence-corrected chi connectivity index (χ4v) is 2.71. The second kappa shape index (κ2) is 2.43. The number of rotatable bonds is 0. The van der Waals surface area contributed by atoms with Gasteiger partial charge in [-0.05, 0) is 23.8 Å². The zero-order valence-electron chi connectivity index (χ0n) is 5.50. The zero-order chi connectivity index (χ0) is 6.97. The van der Waals surface area contributed by atoms with E-state index in [0.29, 0.717) is 0 Å². The minimum absolute atomic E-state index is 0.909. The molecule has 2 bridgehead atoms. The third kappa shape index (κ3) is 1.13. The first kappa shape index (κ1) is 6.49. The molecule has 1 aromatic heterocycles. The molecule has 1 aliphatic heterocycles. The van der Waals surface area contributed by atoms with Crippen molar-refractivity contribution in [3.05, 3.63) is 17.5 Å². The molecule has 0 amide bonds. The summed E-state index contributed by atoms with van der Waals surface area (Å²) in [5.41, 5.74) is 2.24. The Balaban J connectivity index is 2.54. The highest BCUT2D eigenvalue weighted by atomic mass is 33.1. The van der Waals surface area contributed by atoms with Crippen LogP contribution in [-0.4, -0.2) is 9.97 Å². The van der Waals surface area contributed by atoms with Crippen molar-refractivity contribution in [3.8, 4) is 0 Å². The number of nitrogens with zero attached hydrogens (tertiary/aromatic N) is 2. The van der Waals surface area contributed by atoms with Gasteiger partial charge in [0.2, 0.25) is 0 Å². The number of hydrogen-bond acceptors (Lipinski definition) is 4. The highest BCUT2D eigenvalue weighted by Gasteiger charge is 2.09. The molecule has 0 spiro atoms. The van der Waals surface area contributed by atoms with Crippen molar-refractivity contribution in [2.45, 2.75) is 17.8 Å². The van der Waals surface area contributed by atoms with E-state index in [4.69, 9.17) is 0 Å². The maximum atomic E-state index is 4.27. The van der Waals surface area contributed by atoms with Crippen molar-refractivity contribution in [2.75, 3.05) is 0 Å². The van der Waals surface area contributed by atoms with Crippen LogP contribution >= 0.6 is 21.6 Å². The minimum Gasteiger partial charge on any atom is -0.227 e. The Bertz CT molecular complexity index is 232. The Hall–Kier alpha value is -0.220. The molecule has 2 heterocycles. The molecular formula is C6H6N2S2. The highest BCUT2D eigenvalue weighted by Crippen LogP contribution is 2.35. The van der Waals surface area contributed by atoms with Gasteiger partial charge in [0.15, 0.2) is 5.16 Å². The van der Waals surface area contributed by atoms with Gasteiger partial charge >= 0.3 is 0 Å². The molecule has 0 saturated heterocycles. The third-order valence-corrected chi connectivity index (χ3v) is 3.24. The maximum absolute atomic E-state index is 4.27. The van der Waals surface area contributed by atoms with Gasteiger partial charge in [0.25, 0.3) is 0 Å². The van der Waals surface area contributed by atoms with Crippen LogP contribution in [0, 0.1) is 6.92 Å². The fraction of sp³-hybridized carbons (Fsp3) is 0.333. The van der Waals surface area contributed by atoms with Crippen LogP contribution in [0.25, 0.3) is 0 Å². The van der Waals surface area contributed by atoms with E-state index in [2.05, 4.69) is 9.97 Å². The first-order valence-corrected chi connectivity index (χ1v) is 5.30. The number of hydrogen-bond donors (Lipinski definition) is 0. The summed E-state index contributed by atoms with van der Waals surface area (Å²) in [6, 6.07) is 2.04. The lowest BCUT2D eigenvalue weighted by Crippen LogP contribution is -1.97. The predicted molar refractivity (Wildman–Crippen MR) is 43.9 cm³/mol. The maximum Gasteiger partial charge on any atom is 0.198 e. The third-order valence-electron chi connectivity index (χ3n) is 1.23. The van der Waals surface area contributed by atoms with Crippen LogP contribution < -0.4 is 0 Å². The Kier molecular flexibility index (Phi) is 1.58. The molecule has 1 aliphatic rings. The standard InChI is InChI=1S/C6H6N2S2/c1-4-2-5-3-9-10-6(7-4)8-5/h2H,3H2,1H3. The van der Waals surface area contributed by atoms with Crippen LogP contribution in [0.15, 0.2) is 11.2 Å². The van der Waals surface area contributed by atoms with Crippen LogP contribution in [0.5, 0.6) is 0 Å². The summed E-state index contributed by atoms with van der Waals surface area (Å²) >= 11 is 0. The Morgan fingerprint density at radius 3 is 3.20 bits per heavy atom. The molecule has 0 saturated carbocycles. The molecule has 52 valence electrons. The molecule has 0 aliphatic carbocycles. The monoisotopic (exact) mass is 170 g/mol. The predicted octanol–water partition coefficient (Wildman–Crippen LogP) is 2.04. The molecule has 10 heavy (non-hydrogen) atoms. The van der Waals surface area contributed by atoms with Crippen LogP contribution in [0.2, 0.25) is 0 Å². The first-order chi connectivity index (χ1) is 4.84. The van der Waals surface area contributed by atoms with Crippen molar-refractivity contribution >= 4 is 21.6 Å². The average Bonchev–Trinajstić information content (AvgIpc) is 1.85. The van der Waals surface area contributed by atoms with Gasteiger partial charge in [-0.1, -0.05) is 10.8 Å². The molecule has 0 fully saturated rings. The van der Waals surface area contributed by atoms with E-state index >= 15 is 0 Å². The molecule has 2 rings (SSSR count). The smallest absolute Gasteiger partial charge is 0.198 e. The van der Waals surface area contributed by atoms with E-state index < -0.39 is 0 Å². The fourth-order valence-electron chi connectivity index (χ4n) is 0.858. The van der Waals surface area contributed by atoms with E-state index in [1.807, 2.05) is 13.0 Å². The largest absolute Gasteiger partial charge is 0.227 e. The second-order valence-corrected chi connectivity index (χ2v) is 4.39. The molecule has 0 aromatic carbocycles. The lowest BCUT2D eigenvalue weighted by atomic mass is 10.4. The molecule has 1 aromatic rings. The average molecular weight is 170 g/mol. The van der Waals surface area contributed by atoms with Gasteiger partial charge in [0.05, 0.1) is 5.69 Å². The first-order valence-electron chi connectivity index (χ1n) is 2.98. The molecule has 4 heteroatoms. The second-order valence-electron chi connectivity index (χ2n) is 2.13. The Labute approximate surface area is 67.2 Å². The molecular weight excluding hydrogens is 164 g/mol. The van der Waals surface area contributed by atoms with E-state index in [1.165, 1.54) is 0 Å². The summed E-state index contributed by atoms with van der Waals surface area (Å²) in [5.74, 6) is 1.01. The highest BCUT2D eigenvalue weighted by molar-refractivity contribution is 8.76. The van der Waals surface area contributed by atoms with Crippen molar-refractivity contribution in [2.24, 2.45) is 0 Å². The van der Waals surface area contributed by atoms with E-state index in [0.717, 1.165) is 22.3 Å². The summed E-state index contributed by atoms with van der Waals surface area (Å²) in [6.45, 7) is 2.01. The van der Waals surface area contributed by atoms with Gasteiger partial charge in [-0.2, -0.15) is 0 Å². The van der Waals surface area contributed by atoms with Crippen molar-refractivity contribution in [3.63, 3.8) is 0 Å². The molecule has 0 atom stereocenters. The molecule has 2 nitrogen and oxygen atoms in total. The number of aromatic nitrogens is 2.